The number of carbonyl (C=O) groups is 2. The maximum atomic E-state index is 12.6. The first kappa shape index (κ1) is 21.4. The second kappa shape index (κ2) is 8.39. The lowest BCUT2D eigenvalue weighted by atomic mass is 9.90. The molecule has 0 aliphatic carbocycles. The first-order chi connectivity index (χ1) is 12.5. The van der Waals surface area contributed by atoms with Crippen molar-refractivity contribution in [2.45, 2.75) is 45.4 Å². The molecule has 0 spiro atoms. The number of carboxylic acid groups (broad SMARTS) is 1. The summed E-state index contributed by atoms with van der Waals surface area (Å²) in [6.45, 7) is 8.00. The summed E-state index contributed by atoms with van der Waals surface area (Å²) >= 11 is 0. The smallest absolute Gasteiger partial charge is 0.308 e. The number of aliphatic carboxylic acids is 1. The predicted molar refractivity (Wildman–Crippen MR) is 102 cm³/mol. The molecule has 1 fully saturated rings. The fraction of sp³-hybridized carbons (Fsp3) is 0.579. The van der Waals surface area contributed by atoms with Gasteiger partial charge < -0.3 is 10.0 Å². The van der Waals surface area contributed by atoms with Crippen molar-refractivity contribution < 1.29 is 23.1 Å². The third kappa shape index (κ3) is 5.29. The molecule has 0 aromatic heterocycles. The summed E-state index contributed by atoms with van der Waals surface area (Å²) < 4.78 is 27.7. The molecule has 2 atom stereocenters. The summed E-state index contributed by atoms with van der Waals surface area (Å²) in [5.41, 5.74) is 2.33. The highest BCUT2D eigenvalue weighted by atomic mass is 32.2. The molecule has 0 bridgehead atoms. The first-order valence-corrected chi connectivity index (χ1v) is 10.6. The number of hydrogen-bond acceptors (Lipinski definition) is 4. The molecule has 1 heterocycles. The van der Waals surface area contributed by atoms with Crippen molar-refractivity contribution in [2.75, 3.05) is 19.6 Å². The normalized spacial score (nSPS) is 20.5. The van der Waals surface area contributed by atoms with E-state index >= 15 is 0 Å². The molecule has 1 aromatic rings. The number of sulfonamides is 1. The Kier molecular flexibility index (Phi) is 6.64. The van der Waals surface area contributed by atoms with Crippen LogP contribution in [0.3, 0.4) is 0 Å². The lowest BCUT2D eigenvalue weighted by Crippen LogP contribution is -2.46. The highest BCUT2D eigenvalue weighted by molar-refractivity contribution is 7.89. The third-order valence-corrected chi connectivity index (χ3v) is 6.63. The number of likely N-dealkylation sites (tertiary alicyclic amines) is 1. The van der Waals surface area contributed by atoms with Gasteiger partial charge in [-0.15, -0.1) is 0 Å². The van der Waals surface area contributed by atoms with E-state index in [4.69, 9.17) is 0 Å². The molecule has 1 aliphatic heterocycles. The quantitative estimate of drug-likeness (QED) is 0.764. The molecule has 0 saturated carbocycles. The van der Waals surface area contributed by atoms with Gasteiger partial charge in [0, 0.05) is 26.1 Å². The largest absolute Gasteiger partial charge is 0.481 e. The van der Waals surface area contributed by atoms with E-state index in [-0.39, 0.29) is 36.2 Å². The van der Waals surface area contributed by atoms with E-state index in [9.17, 15) is 23.1 Å². The molecule has 2 rings (SSSR count). The highest BCUT2D eigenvalue weighted by Crippen LogP contribution is 2.23. The predicted octanol–water partition coefficient (Wildman–Crippen LogP) is 1.85. The summed E-state index contributed by atoms with van der Waals surface area (Å²) in [6, 6.07) is 3.63. The molecular formula is C19H28N2O5S. The summed E-state index contributed by atoms with van der Waals surface area (Å²) in [6.07, 6.45) is 0.556. The maximum absolute atomic E-state index is 12.6. The number of benzene rings is 1. The Bertz CT molecular complexity index is 811. The molecule has 8 heteroatoms. The molecule has 0 radical (unpaired) electrons. The van der Waals surface area contributed by atoms with Crippen LogP contribution in [0.25, 0.3) is 0 Å². The SMILES string of the molecule is Cc1cc(C)c(S(=O)(=O)NCCC(=O)N2CC(C)CC(C(=O)O)C2)c(C)c1. The Balaban J connectivity index is 1.99. The van der Waals surface area contributed by atoms with E-state index in [0.29, 0.717) is 24.1 Å². The molecule has 7 nitrogen and oxygen atoms in total. The standard InChI is InChI=1S/C19H28N2O5S/c1-12-7-14(3)18(15(4)8-12)27(25,26)20-6-5-17(22)21-10-13(2)9-16(11-21)19(23)24/h7-8,13,16,20H,5-6,9-11H2,1-4H3,(H,23,24). The number of aryl methyl sites for hydroxylation is 3. The van der Waals surface area contributed by atoms with Gasteiger partial charge in [0.25, 0.3) is 0 Å². The molecule has 2 unspecified atom stereocenters. The van der Waals surface area contributed by atoms with E-state index in [1.165, 1.54) is 4.90 Å². The number of nitrogens with one attached hydrogen (secondary N) is 1. The number of amides is 1. The highest BCUT2D eigenvalue weighted by Gasteiger charge is 2.31. The molecule has 1 saturated heterocycles. The maximum Gasteiger partial charge on any atom is 0.308 e. The molecular weight excluding hydrogens is 368 g/mol. The van der Waals surface area contributed by atoms with Crippen LogP contribution >= 0.6 is 0 Å². The summed E-state index contributed by atoms with van der Waals surface area (Å²) in [7, 11) is -3.71. The van der Waals surface area contributed by atoms with Crippen molar-refractivity contribution in [3.63, 3.8) is 0 Å². The topological polar surface area (TPSA) is 104 Å². The van der Waals surface area contributed by atoms with Crippen LogP contribution in [0.15, 0.2) is 17.0 Å². The minimum absolute atomic E-state index is 0.00223. The van der Waals surface area contributed by atoms with Gasteiger partial charge in [-0.05, 0) is 44.2 Å². The summed E-state index contributed by atoms with van der Waals surface area (Å²) in [5.74, 6) is -1.58. The van der Waals surface area contributed by atoms with Crippen LogP contribution in [0.2, 0.25) is 0 Å². The molecule has 1 amide bonds. The second-order valence-electron chi connectivity index (χ2n) is 7.55. The average molecular weight is 397 g/mol. The van der Waals surface area contributed by atoms with Gasteiger partial charge in [-0.2, -0.15) is 0 Å². The van der Waals surface area contributed by atoms with Gasteiger partial charge in [-0.1, -0.05) is 24.6 Å². The number of rotatable bonds is 6. The van der Waals surface area contributed by atoms with Crippen molar-refractivity contribution in [3.8, 4) is 0 Å². The van der Waals surface area contributed by atoms with Gasteiger partial charge in [0.15, 0.2) is 0 Å². The van der Waals surface area contributed by atoms with Crippen molar-refractivity contribution in [2.24, 2.45) is 11.8 Å². The number of nitrogens with zero attached hydrogens (tertiary/aromatic N) is 1. The van der Waals surface area contributed by atoms with Crippen molar-refractivity contribution in [1.82, 2.24) is 9.62 Å². The Labute approximate surface area is 160 Å². The fourth-order valence-corrected chi connectivity index (χ4v) is 5.33. The first-order valence-electron chi connectivity index (χ1n) is 9.09. The second-order valence-corrected chi connectivity index (χ2v) is 9.25. The van der Waals surface area contributed by atoms with Crippen LogP contribution in [-0.2, 0) is 19.6 Å². The fourth-order valence-electron chi connectivity index (χ4n) is 3.85. The van der Waals surface area contributed by atoms with Gasteiger partial charge >= 0.3 is 5.97 Å². The Hall–Kier alpha value is -1.93. The molecule has 150 valence electrons. The number of carboxylic acids is 1. The van der Waals surface area contributed by atoms with E-state index in [1.54, 1.807) is 13.8 Å². The van der Waals surface area contributed by atoms with Crippen molar-refractivity contribution in [1.29, 1.82) is 0 Å². The van der Waals surface area contributed by atoms with Gasteiger partial charge in [-0.3, -0.25) is 9.59 Å². The summed E-state index contributed by atoms with van der Waals surface area (Å²) in [5, 5.41) is 9.21. The Morgan fingerprint density at radius 3 is 2.33 bits per heavy atom. The lowest BCUT2D eigenvalue weighted by molar-refractivity contribution is -0.146. The van der Waals surface area contributed by atoms with E-state index < -0.39 is 21.9 Å². The van der Waals surface area contributed by atoms with Crippen LogP contribution in [0, 0.1) is 32.6 Å². The van der Waals surface area contributed by atoms with Crippen LogP contribution in [0.4, 0.5) is 0 Å². The van der Waals surface area contributed by atoms with E-state index in [1.807, 2.05) is 26.0 Å². The van der Waals surface area contributed by atoms with Crippen LogP contribution in [-0.4, -0.2) is 49.9 Å². The van der Waals surface area contributed by atoms with E-state index in [2.05, 4.69) is 4.72 Å². The average Bonchev–Trinajstić information content (AvgIpc) is 2.52. The minimum Gasteiger partial charge on any atom is -0.481 e. The monoisotopic (exact) mass is 396 g/mol. The number of piperidine rings is 1. The van der Waals surface area contributed by atoms with Crippen LogP contribution in [0.5, 0.6) is 0 Å². The molecule has 27 heavy (non-hydrogen) atoms. The van der Waals surface area contributed by atoms with Crippen LogP contribution < -0.4 is 4.72 Å². The zero-order valence-electron chi connectivity index (χ0n) is 16.3. The number of hydrogen-bond donors (Lipinski definition) is 2. The van der Waals surface area contributed by atoms with E-state index in [0.717, 1.165) is 5.56 Å². The third-order valence-electron chi connectivity index (χ3n) is 4.87. The van der Waals surface area contributed by atoms with Crippen molar-refractivity contribution in [3.05, 3.63) is 28.8 Å². The molecule has 1 aliphatic rings. The van der Waals surface area contributed by atoms with Gasteiger partial charge in [0.2, 0.25) is 15.9 Å². The summed E-state index contributed by atoms with van der Waals surface area (Å²) in [4.78, 5) is 25.4. The molecule has 1 aromatic carbocycles. The Morgan fingerprint density at radius 1 is 1.19 bits per heavy atom. The number of carbonyl (C=O) groups excluding carboxylic acids is 1. The zero-order valence-corrected chi connectivity index (χ0v) is 17.1. The van der Waals surface area contributed by atoms with Gasteiger partial charge in [0.1, 0.15) is 0 Å². The van der Waals surface area contributed by atoms with Gasteiger partial charge in [-0.25, -0.2) is 13.1 Å². The minimum atomic E-state index is -3.71. The van der Waals surface area contributed by atoms with Crippen LogP contribution in [0.1, 0.15) is 36.5 Å². The van der Waals surface area contributed by atoms with Gasteiger partial charge in [0.05, 0.1) is 10.8 Å². The Morgan fingerprint density at radius 2 is 1.78 bits per heavy atom. The van der Waals surface area contributed by atoms with Crippen molar-refractivity contribution >= 4 is 21.9 Å². The molecule has 2 N–H and O–H groups in total. The lowest BCUT2D eigenvalue weighted by Gasteiger charge is -2.34. The zero-order chi connectivity index (χ0) is 20.4.